The summed E-state index contributed by atoms with van der Waals surface area (Å²) in [6.07, 6.45) is 9.17. The maximum Gasteiger partial charge on any atom is 0.225 e. The minimum Gasteiger partial charge on any atom is -0.341 e. The Morgan fingerprint density at radius 3 is 2.23 bits per heavy atom. The molecule has 0 bridgehead atoms. The summed E-state index contributed by atoms with van der Waals surface area (Å²) in [4.78, 5) is 18.2. The van der Waals surface area contributed by atoms with Crippen LogP contribution in [0.1, 0.15) is 36.1 Å². The smallest absolute Gasteiger partial charge is 0.225 e. The fourth-order valence-electron chi connectivity index (χ4n) is 3.91. The van der Waals surface area contributed by atoms with Gasteiger partial charge in [-0.3, -0.25) is 9.80 Å². The van der Waals surface area contributed by atoms with Crippen molar-refractivity contribution in [2.24, 2.45) is 0 Å². The predicted molar refractivity (Wildman–Crippen MR) is 108 cm³/mol. The van der Waals surface area contributed by atoms with Crippen LogP contribution in [0.2, 0.25) is 0 Å². The fourth-order valence-corrected chi connectivity index (χ4v) is 4.65. The van der Waals surface area contributed by atoms with Crippen molar-refractivity contribution >= 4 is 17.3 Å². The zero-order valence-corrected chi connectivity index (χ0v) is 16.3. The van der Waals surface area contributed by atoms with Crippen LogP contribution in [0.4, 0.5) is 5.95 Å². The molecule has 4 rings (SSSR count). The quantitative estimate of drug-likeness (QED) is 0.806. The van der Waals surface area contributed by atoms with Gasteiger partial charge in [0.05, 0.1) is 0 Å². The maximum atomic E-state index is 4.64. The molecule has 4 heterocycles. The van der Waals surface area contributed by atoms with Crippen LogP contribution in [-0.2, 0) is 13.1 Å². The number of piperidine rings is 1. The lowest BCUT2D eigenvalue weighted by molar-refractivity contribution is 0.248. The third kappa shape index (κ3) is 4.81. The highest BCUT2D eigenvalue weighted by atomic mass is 32.1. The van der Waals surface area contributed by atoms with Gasteiger partial charge in [-0.25, -0.2) is 9.97 Å². The van der Waals surface area contributed by atoms with Crippen LogP contribution in [0.3, 0.4) is 0 Å². The molecule has 140 valence electrons. The molecule has 2 aliphatic heterocycles. The summed E-state index contributed by atoms with van der Waals surface area (Å²) in [7, 11) is 0. The van der Waals surface area contributed by atoms with E-state index in [1.54, 1.807) is 0 Å². The van der Waals surface area contributed by atoms with Crippen LogP contribution in [0.15, 0.2) is 29.9 Å². The molecule has 0 spiro atoms. The molecule has 2 aromatic rings. The first-order valence-corrected chi connectivity index (χ1v) is 10.8. The first-order valence-electron chi connectivity index (χ1n) is 9.90. The van der Waals surface area contributed by atoms with Gasteiger partial charge in [-0.15, -0.1) is 11.3 Å². The lowest BCUT2D eigenvalue weighted by Gasteiger charge is -2.26. The minimum absolute atomic E-state index is 0.909. The summed E-state index contributed by atoms with van der Waals surface area (Å²) in [5.41, 5.74) is 1.23. The Morgan fingerprint density at radius 2 is 1.54 bits per heavy atom. The summed E-state index contributed by atoms with van der Waals surface area (Å²) in [6, 6.07) is 4.40. The summed E-state index contributed by atoms with van der Waals surface area (Å²) in [5.74, 6) is 0.909. The lowest BCUT2D eigenvalue weighted by atomic mass is 10.1. The normalized spacial score (nSPS) is 20.2. The second-order valence-electron chi connectivity index (χ2n) is 7.42. The molecule has 6 heteroatoms. The van der Waals surface area contributed by atoms with Crippen molar-refractivity contribution in [1.29, 1.82) is 0 Å². The lowest BCUT2D eigenvalue weighted by Crippen LogP contribution is -2.31. The van der Waals surface area contributed by atoms with Gasteiger partial charge in [0, 0.05) is 62.1 Å². The van der Waals surface area contributed by atoms with E-state index < -0.39 is 0 Å². The zero-order chi connectivity index (χ0) is 17.6. The van der Waals surface area contributed by atoms with E-state index >= 15 is 0 Å². The third-order valence-electron chi connectivity index (χ3n) is 5.38. The first-order chi connectivity index (χ1) is 12.9. The van der Waals surface area contributed by atoms with Crippen LogP contribution in [-0.4, -0.2) is 59.0 Å². The number of nitrogens with zero attached hydrogens (tertiary/aromatic N) is 5. The maximum absolute atomic E-state index is 4.64. The van der Waals surface area contributed by atoms with E-state index in [1.165, 1.54) is 42.7 Å². The van der Waals surface area contributed by atoms with Crippen LogP contribution >= 0.6 is 11.3 Å². The SMILES string of the molecule is c1csc(CN2CCCN(Cc3cnc(N4CCCCC4)nc3)CC2)c1. The first kappa shape index (κ1) is 17.9. The van der Waals surface area contributed by atoms with E-state index in [9.17, 15) is 0 Å². The van der Waals surface area contributed by atoms with Crippen molar-refractivity contribution < 1.29 is 0 Å². The molecule has 2 aromatic heterocycles. The minimum atomic E-state index is 0.909. The highest BCUT2D eigenvalue weighted by molar-refractivity contribution is 7.09. The monoisotopic (exact) mass is 371 g/mol. The Morgan fingerprint density at radius 1 is 0.808 bits per heavy atom. The molecular weight excluding hydrogens is 342 g/mol. The Kier molecular flexibility index (Phi) is 6.14. The fraction of sp³-hybridized carbons (Fsp3) is 0.600. The molecule has 0 unspecified atom stereocenters. The van der Waals surface area contributed by atoms with Gasteiger partial charge in [-0.05, 0) is 50.2 Å². The second kappa shape index (κ2) is 8.93. The van der Waals surface area contributed by atoms with E-state index in [4.69, 9.17) is 0 Å². The topological polar surface area (TPSA) is 35.5 Å². The molecule has 0 N–H and O–H groups in total. The number of hydrogen-bond acceptors (Lipinski definition) is 6. The van der Waals surface area contributed by atoms with E-state index in [0.717, 1.165) is 51.8 Å². The van der Waals surface area contributed by atoms with Gasteiger partial charge in [-0.2, -0.15) is 0 Å². The van der Waals surface area contributed by atoms with Gasteiger partial charge in [0.25, 0.3) is 0 Å². The van der Waals surface area contributed by atoms with Crippen molar-refractivity contribution in [3.63, 3.8) is 0 Å². The third-order valence-corrected chi connectivity index (χ3v) is 6.24. The average Bonchev–Trinajstić information content (AvgIpc) is 3.10. The number of aromatic nitrogens is 2. The van der Waals surface area contributed by atoms with Gasteiger partial charge < -0.3 is 4.90 Å². The molecule has 5 nitrogen and oxygen atoms in total. The molecule has 0 saturated carbocycles. The summed E-state index contributed by atoms with van der Waals surface area (Å²) >= 11 is 1.86. The Balaban J connectivity index is 1.28. The van der Waals surface area contributed by atoms with Crippen molar-refractivity contribution in [3.05, 3.63) is 40.3 Å². The molecule has 0 aliphatic carbocycles. The Labute approximate surface area is 160 Å². The molecular formula is C20H29N5S. The van der Waals surface area contributed by atoms with Crippen LogP contribution in [0, 0.1) is 0 Å². The van der Waals surface area contributed by atoms with Crippen LogP contribution in [0.25, 0.3) is 0 Å². The van der Waals surface area contributed by atoms with Gasteiger partial charge in [-0.1, -0.05) is 6.07 Å². The Bertz CT molecular complexity index is 651. The largest absolute Gasteiger partial charge is 0.341 e. The van der Waals surface area contributed by atoms with Crippen LogP contribution in [0.5, 0.6) is 0 Å². The highest BCUT2D eigenvalue weighted by Gasteiger charge is 2.17. The van der Waals surface area contributed by atoms with Crippen molar-refractivity contribution in [3.8, 4) is 0 Å². The molecule has 26 heavy (non-hydrogen) atoms. The molecule has 2 aliphatic rings. The van der Waals surface area contributed by atoms with Gasteiger partial charge in [0.1, 0.15) is 0 Å². The Hall–Kier alpha value is -1.50. The molecule has 2 saturated heterocycles. The second-order valence-corrected chi connectivity index (χ2v) is 8.46. The van der Waals surface area contributed by atoms with E-state index in [2.05, 4.69) is 42.2 Å². The average molecular weight is 372 g/mol. The predicted octanol–water partition coefficient (Wildman–Crippen LogP) is 3.24. The summed E-state index contributed by atoms with van der Waals surface area (Å²) in [5, 5.41) is 2.17. The van der Waals surface area contributed by atoms with E-state index in [1.807, 2.05) is 23.7 Å². The zero-order valence-electron chi connectivity index (χ0n) is 15.5. The standard InChI is InChI=1S/C20H29N5S/c1-2-9-25(10-3-1)20-21-14-18(15-22-20)16-23-7-5-8-24(12-11-23)17-19-6-4-13-26-19/h4,6,13-15H,1-3,5,7-12,16-17H2. The van der Waals surface area contributed by atoms with Crippen molar-refractivity contribution in [1.82, 2.24) is 19.8 Å². The summed E-state index contributed by atoms with van der Waals surface area (Å²) in [6.45, 7) is 8.89. The van der Waals surface area contributed by atoms with Crippen LogP contribution < -0.4 is 4.90 Å². The van der Waals surface area contributed by atoms with Gasteiger partial charge in [0.2, 0.25) is 5.95 Å². The number of anilines is 1. The highest BCUT2D eigenvalue weighted by Crippen LogP contribution is 2.17. The van der Waals surface area contributed by atoms with Gasteiger partial charge >= 0.3 is 0 Å². The van der Waals surface area contributed by atoms with Crippen molar-refractivity contribution in [2.45, 2.75) is 38.8 Å². The number of rotatable bonds is 5. The van der Waals surface area contributed by atoms with E-state index in [-0.39, 0.29) is 0 Å². The molecule has 0 radical (unpaired) electrons. The molecule has 0 aromatic carbocycles. The van der Waals surface area contributed by atoms with Gasteiger partial charge in [0.15, 0.2) is 0 Å². The summed E-state index contributed by atoms with van der Waals surface area (Å²) < 4.78 is 0. The van der Waals surface area contributed by atoms with Crippen molar-refractivity contribution in [2.75, 3.05) is 44.2 Å². The molecule has 0 amide bonds. The van der Waals surface area contributed by atoms with E-state index in [0.29, 0.717) is 0 Å². The molecule has 0 atom stereocenters. The molecule has 2 fully saturated rings. The number of thiophene rings is 1. The number of hydrogen-bond donors (Lipinski definition) is 0.